The number of nitrogens with zero attached hydrogens (tertiary/aromatic N) is 1. The molecule has 2 saturated heterocycles. The van der Waals surface area contributed by atoms with Crippen molar-refractivity contribution >= 4 is 10.0 Å². The molecule has 8 heteroatoms. The predicted octanol–water partition coefficient (Wildman–Crippen LogP) is 1.08. The Hall–Kier alpha value is -1.35. The molecule has 0 aromatic heterocycles. The molecule has 4 aliphatic rings. The van der Waals surface area contributed by atoms with Gasteiger partial charge in [-0.2, -0.15) is 4.31 Å². The second kappa shape index (κ2) is 5.57. The van der Waals surface area contributed by atoms with Crippen LogP contribution in [-0.2, 0) is 32.3 Å². The molecule has 25 heavy (non-hydrogen) atoms. The third-order valence-electron chi connectivity index (χ3n) is 5.50. The summed E-state index contributed by atoms with van der Waals surface area (Å²) in [5.74, 6) is 0.628. The number of hydrogen-bond acceptors (Lipinski definition) is 6. The Kier molecular flexibility index (Phi) is 3.54. The maximum Gasteiger partial charge on any atom is 0.247 e. The lowest BCUT2D eigenvalue weighted by Gasteiger charge is -2.37. The molecule has 5 rings (SSSR count). The van der Waals surface area contributed by atoms with Crippen LogP contribution in [0.3, 0.4) is 0 Å². The van der Waals surface area contributed by atoms with E-state index in [1.807, 2.05) is 6.07 Å². The van der Waals surface area contributed by atoms with Crippen LogP contribution in [0.25, 0.3) is 0 Å². The molecule has 0 atom stereocenters. The van der Waals surface area contributed by atoms with Crippen LogP contribution in [0.15, 0.2) is 11.0 Å². The zero-order chi connectivity index (χ0) is 17.1. The van der Waals surface area contributed by atoms with E-state index >= 15 is 0 Å². The molecule has 0 radical (unpaired) electrons. The molecular formula is C17H21NO6S. The summed E-state index contributed by atoms with van der Waals surface area (Å²) >= 11 is 0. The van der Waals surface area contributed by atoms with Gasteiger partial charge < -0.3 is 18.9 Å². The van der Waals surface area contributed by atoms with Gasteiger partial charge in [-0.15, -0.1) is 0 Å². The lowest BCUT2D eigenvalue weighted by Crippen LogP contribution is -2.47. The van der Waals surface area contributed by atoms with Gasteiger partial charge in [0.25, 0.3) is 0 Å². The number of hydrogen-bond donors (Lipinski definition) is 0. The first-order valence-corrected chi connectivity index (χ1v) is 10.3. The van der Waals surface area contributed by atoms with E-state index in [1.165, 1.54) is 0 Å². The highest BCUT2D eigenvalue weighted by molar-refractivity contribution is 7.89. The molecule has 7 nitrogen and oxygen atoms in total. The van der Waals surface area contributed by atoms with Gasteiger partial charge in [0.05, 0.1) is 26.4 Å². The van der Waals surface area contributed by atoms with Crippen molar-refractivity contribution in [3.63, 3.8) is 0 Å². The smallest absolute Gasteiger partial charge is 0.247 e. The Morgan fingerprint density at radius 1 is 0.960 bits per heavy atom. The Balaban J connectivity index is 1.51. The fourth-order valence-electron chi connectivity index (χ4n) is 4.20. The lowest BCUT2D eigenvalue weighted by molar-refractivity contribution is -0.179. The van der Waals surface area contributed by atoms with Crippen molar-refractivity contribution in [3.8, 4) is 11.5 Å². The fourth-order valence-corrected chi connectivity index (χ4v) is 6.06. The lowest BCUT2D eigenvalue weighted by atomic mass is 10.1. The first-order chi connectivity index (χ1) is 12.1. The van der Waals surface area contributed by atoms with Gasteiger partial charge in [-0.3, -0.25) is 0 Å². The molecule has 0 aliphatic carbocycles. The van der Waals surface area contributed by atoms with Gasteiger partial charge >= 0.3 is 0 Å². The van der Waals surface area contributed by atoms with Crippen LogP contribution in [0, 0.1) is 0 Å². The summed E-state index contributed by atoms with van der Waals surface area (Å²) in [5.41, 5.74) is 1.68. The summed E-state index contributed by atoms with van der Waals surface area (Å²) in [4.78, 5) is 0.319. The highest BCUT2D eigenvalue weighted by atomic mass is 32.2. The van der Waals surface area contributed by atoms with Crippen LogP contribution < -0.4 is 9.47 Å². The number of rotatable bonds is 2. The second-order valence-electron chi connectivity index (χ2n) is 6.88. The van der Waals surface area contributed by atoms with Crippen molar-refractivity contribution in [2.45, 2.75) is 36.4 Å². The van der Waals surface area contributed by atoms with Crippen LogP contribution in [0.5, 0.6) is 11.5 Å². The van der Waals surface area contributed by atoms with E-state index in [-0.39, 0.29) is 0 Å². The number of sulfonamides is 1. The van der Waals surface area contributed by atoms with Gasteiger partial charge in [0.15, 0.2) is 5.79 Å². The standard InChI is InChI=1S/C17H21NO6S/c19-25(20,18-5-3-17(4-6-18)23-9-10-24-17)16-13-2-8-21-14(13)11-12-1-7-22-15(12)16/h11H,1-10H2. The summed E-state index contributed by atoms with van der Waals surface area (Å²) in [6, 6.07) is 1.94. The van der Waals surface area contributed by atoms with E-state index in [0.717, 1.165) is 17.5 Å². The van der Waals surface area contributed by atoms with E-state index in [2.05, 4.69) is 0 Å². The number of benzene rings is 1. The van der Waals surface area contributed by atoms with E-state index < -0.39 is 15.8 Å². The normalized spacial score (nSPS) is 24.8. The summed E-state index contributed by atoms with van der Waals surface area (Å²) < 4.78 is 51.2. The molecule has 2 fully saturated rings. The minimum atomic E-state index is -3.64. The van der Waals surface area contributed by atoms with Crippen molar-refractivity contribution in [3.05, 3.63) is 17.2 Å². The van der Waals surface area contributed by atoms with Crippen molar-refractivity contribution in [2.24, 2.45) is 0 Å². The second-order valence-corrected chi connectivity index (χ2v) is 8.75. The quantitative estimate of drug-likeness (QED) is 0.779. The van der Waals surface area contributed by atoms with Crippen molar-refractivity contribution in [2.75, 3.05) is 39.5 Å². The van der Waals surface area contributed by atoms with Crippen molar-refractivity contribution in [1.29, 1.82) is 0 Å². The van der Waals surface area contributed by atoms with Crippen LogP contribution in [-0.4, -0.2) is 58.0 Å². The van der Waals surface area contributed by atoms with E-state index in [1.54, 1.807) is 4.31 Å². The van der Waals surface area contributed by atoms with Crippen molar-refractivity contribution < 1.29 is 27.4 Å². The molecule has 0 N–H and O–H groups in total. The number of piperidine rings is 1. The molecule has 4 aliphatic heterocycles. The summed E-state index contributed by atoms with van der Waals surface area (Å²) in [5, 5.41) is 0. The SMILES string of the molecule is O=S(=O)(c1c2c(cc3c1OCC3)OCC2)N1CCC2(CC1)OCCO2. The van der Waals surface area contributed by atoms with Crippen LogP contribution in [0.1, 0.15) is 24.0 Å². The highest BCUT2D eigenvalue weighted by Gasteiger charge is 2.44. The first-order valence-electron chi connectivity index (χ1n) is 8.82. The molecule has 0 saturated carbocycles. The zero-order valence-electron chi connectivity index (χ0n) is 14.0. The molecule has 1 aromatic rings. The van der Waals surface area contributed by atoms with E-state index in [9.17, 15) is 8.42 Å². The van der Waals surface area contributed by atoms with Gasteiger partial charge in [0, 0.05) is 49.9 Å². The topological polar surface area (TPSA) is 74.3 Å². The van der Waals surface area contributed by atoms with Crippen molar-refractivity contribution in [1.82, 2.24) is 4.31 Å². The van der Waals surface area contributed by atoms with Crippen LogP contribution in [0.2, 0.25) is 0 Å². The maximum absolute atomic E-state index is 13.4. The number of fused-ring (bicyclic) bond motifs is 2. The molecule has 1 spiro atoms. The van der Waals surface area contributed by atoms with Gasteiger partial charge in [-0.25, -0.2) is 8.42 Å². The van der Waals surface area contributed by atoms with E-state index in [4.69, 9.17) is 18.9 Å². The predicted molar refractivity (Wildman–Crippen MR) is 87.5 cm³/mol. The molecule has 1 aromatic carbocycles. The Bertz CT molecular complexity index is 773. The first kappa shape index (κ1) is 15.9. The largest absolute Gasteiger partial charge is 0.493 e. The highest BCUT2D eigenvalue weighted by Crippen LogP contribution is 2.45. The van der Waals surface area contributed by atoms with Crippen LogP contribution in [0.4, 0.5) is 0 Å². The van der Waals surface area contributed by atoms with Gasteiger partial charge in [-0.1, -0.05) is 0 Å². The maximum atomic E-state index is 13.4. The minimum absolute atomic E-state index is 0.319. The van der Waals surface area contributed by atoms with Gasteiger partial charge in [-0.05, 0) is 6.07 Å². The summed E-state index contributed by atoms with van der Waals surface area (Å²) in [7, 11) is -3.64. The van der Waals surface area contributed by atoms with E-state index in [0.29, 0.717) is 75.2 Å². The third kappa shape index (κ3) is 2.38. The van der Waals surface area contributed by atoms with Crippen LogP contribution >= 0.6 is 0 Å². The fraction of sp³-hybridized carbons (Fsp3) is 0.647. The molecule has 136 valence electrons. The summed E-state index contributed by atoms with van der Waals surface area (Å²) in [6.45, 7) is 2.98. The molecule has 0 bridgehead atoms. The minimum Gasteiger partial charge on any atom is -0.493 e. The molecule has 0 unspecified atom stereocenters. The average molecular weight is 367 g/mol. The zero-order valence-corrected chi connectivity index (χ0v) is 14.8. The van der Waals surface area contributed by atoms with Gasteiger partial charge in [0.2, 0.25) is 10.0 Å². The molecule has 4 heterocycles. The monoisotopic (exact) mass is 367 g/mol. The third-order valence-corrected chi connectivity index (χ3v) is 7.49. The average Bonchev–Trinajstić information content (AvgIpc) is 3.33. The number of ether oxygens (including phenoxy) is 4. The Morgan fingerprint density at radius 2 is 1.68 bits per heavy atom. The van der Waals surface area contributed by atoms with Gasteiger partial charge in [0.1, 0.15) is 16.4 Å². The Morgan fingerprint density at radius 3 is 2.44 bits per heavy atom. The molecule has 0 amide bonds. The summed E-state index contributed by atoms with van der Waals surface area (Å²) in [6.07, 6.45) is 2.44. The Labute approximate surface area is 146 Å². The molecular weight excluding hydrogens is 346 g/mol.